The Labute approximate surface area is 402 Å². The summed E-state index contributed by atoms with van der Waals surface area (Å²) in [5.74, 6) is 0.561. The molecular formula is C57H63Cl2SiZr. The number of halogens is 2. The summed E-state index contributed by atoms with van der Waals surface area (Å²) in [5.41, 5.74) is 9.30. The molecule has 0 aliphatic heterocycles. The van der Waals surface area contributed by atoms with Gasteiger partial charge in [0.15, 0.2) is 0 Å². The Morgan fingerprint density at radius 1 is 0.689 bits per heavy atom. The maximum Gasteiger partial charge on any atom is 3.00 e. The number of allylic oxidation sites excluding steroid dienone is 13. The summed E-state index contributed by atoms with van der Waals surface area (Å²) in [6, 6.07) is 27.6. The smallest absolute Gasteiger partial charge is 1.00 e. The monoisotopic (exact) mass is 935 g/mol. The van der Waals surface area contributed by atoms with Gasteiger partial charge in [0, 0.05) is 26.3 Å². The quantitative estimate of drug-likeness (QED) is 0.109. The van der Waals surface area contributed by atoms with E-state index in [1.54, 1.807) is 11.1 Å². The van der Waals surface area contributed by atoms with Crippen molar-refractivity contribution >= 4 is 37.1 Å². The molecule has 9 atom stereocenters. The Hall–Kier alpha value is -2.74. The zero-order chi connectivity index (χ0) is 41.1. The molecule has 4 aromatic carbocycles. The van der Waals surface area contributed by atoms with Gasteiger partial charge >= 0.3 is 26.2 Å². The maximum atomic E-state index is 2.86. The summed E-state index contributed by atoms with van der Waals surface area (Å²) in [4.78, 5) is 0. The molecule has 6 aliphatic carbocycles. The predicted molar refractivity (Wildman–Crippen MR) is 253 cm³/mol. The summed E-state index contributed by atoms with van der Waals surface area (Å²) in [7, 11) is 1.08. The van der Waals surface area contributed by atoms with Crippen LogP contribution in [0.25, 0.3) is 38.7 Å². The van der Waals surface area contributed by atoms with Crippen LogP contribution in [-0.4, -0.2) is 9.52 Å². The van der Waals surface area contributed by atoms with Crippen molar-refractivity contribution in [2.24, 2.45) is 43.8 Å². The van der Waals surface area contributed by atoms with Gasteiger partial charge in [-0.3, -0.25) is 0 Å². The molecule has 4 heteroatoms. The van der Waals surface area contributed by atoms with Crippen molar-refractivity contribution in [1.29, 1.82) is 0 Å². The molecular weight excluding hydrogens is 875 g/mol. The summed E-state index contributed by atoms with van der Waals surface area (Å²) >= 11 is 0. The van der Waals surface area contributed by atoms with E-state index in [2.05, 4.69) is 221 Å². The Kier molecular flexibility index (Phi) is 12.8. The molecule has 0 N–H and O–H groups in total. The molecule has 4 aromatic rings. The topological polar surface area (TPSA) is 0 Å². The van der Waals surface area contributed by atoms with Crippen LogP contribution in [0.5, 0.6) is 0 Å². The zero-order valence-corrected chi connectivity index (χ0v) is 43.2. The summed E-state index contributed by atoms with van der Waals surface area (Å²) < 4.78 is 0. The van der Waals surface area contributed by atoms with Crippen LogP contribution in [0.1, 0.15) is 92.2 Å². The second kappa shape index (κ2) is 16.4. The van der Waals surface area contributed by atoms with Crippen molar-refractivity contribution < 1.29 is 51.0 Å². The third kappa shape index (κ3) is 5.63. The molecule has 3 radical (unpaired) electrons. The fourth-order valence-electron chi connectivity index (χ4n) is 14.7. The van der Waals surface area contributed by atoms with E-state index in [0.29, 0.717) is 5.92 Å². The molecule has 0 bridgehead atoms. The first kappa shape index (κ1) is 47.7. The Bertz CT molecular complexity index is 2550. The minimum Gasteiger partial charge on any atom is -1.00 e. The van der Waals surface area contributed by atoms with Gasteiger partial charge in [-0.1, -0.05) is 219 Å². The SMILES string of the molecule is CCCC1=Cc2c(-c3c4ccccc4cc4ccccc34)cccc2C1C1=CC=CC2(C)C3(C)C=CC=CC3(C)C3(C)C4(C)C(C)=CC=CC4[CH-]C3(C)C12C.C[Si]C.[Cl-].[Cl-].[Zr+3]. The molecule has 313 valence electrons. The van der Waals surface area contributed by atoms with E-state index in [9.17, 15) is 0 Å². The average molecular weight is 938 g/mol. The van der Waals surface area contributed by atoms with Crippen LogP contribution in [0.15, 0.2) is 150 Å². The second-order valence-electron chi connectivity index (χ2n) is 19.8. The van der Waals surface area contributed by atoms with E-state index in [4.69, 9.17) is 0 Å². The first-order valence-corrected chi connectivity index (χ1v) is 24.0. The first-order chi connectivity index (χ1) is 27.7. The molecule has 0 aromatic heterocycles. The molecule has 10 rings (SSSR count). The molecule has 9 unspecified atom stereocenters. The molecule has 2 saturated carbocycles. The van der Waals surface area contributed by atoms with E-state index in [0.717, 1.165) is 22.4 Å². The fourth-order valence-corrected chi connectivity index (χ4v) is 14.7. The molecule has 2 fully saturated rings. The van der Waals surface area contributed by atoms with Crippen LogP contribution in [0.4, 0.5) is 0 Å². The third-order valence-electron chi connectivity index (χ3n) is 18.3. The van der Waals surface area contributed by atoms with E-state index >= 15 is 0 Å². The number of hydrogen-bond acceptors (Lipinski definition) is 0. The molecule has 0 saturated heterocycles. The van der Waals surface area contributed by atoms with Gasteiger partial charge in [-0.05, 0) is 84.9 Å². The van der Waals surface area contributed by atoms with E-state index in [1.807, 2.05) is 0 Å². The first-order valence-electron chi connectivity index (χ1n) is 22.0. The van der Waals surface area contributed by atoms with E-state index in [-0.39, 0.29) is 94.8 Å². The van der Waals surface area contributed by atoms with Gasteiger partial charge in [-0.25, -0.2) is 0 Å². The van der Waals surface area contributed by atoms with Gasteiger partial charge in [-0.15, -0.1) is 17.4 Å². The minimum absolute atomic E-state index is 0. The molecule has 6 aliphatic rings. The van der Waals surface area contributed by atoms with Gasteiger partial charge < -0.3 is 31.2 Å². The van der Waals surface area contributed by atoms with Crippen molar-refractivity contribution in [3.8, 4) is 11.1 Å². The Morgan fingerprint density at radius 3 is 1.90 bits per heavy atom. The van der Waals surface area contributed by atoms with Crippen LogP contribution in [0.2, 0.25) is 13.1 Å². The number of rotatable bonds is 4. The van der Waals surface area contributed by atoms with Crippen LogP contribution in [0.3, 0.4) is 0 Å². The predicted octanol–water partition coefficient (Wildman–Crippen LogP) is 9.76. The second-order valence-corrected chi connectivity index (χ2v) is 20.8. The van der Waals surface area contributed by atoms with Crippen molar-refractivity contribution in [2.75, 3.05) is 0 Å². The van der Waals surface area contributed by atoms with Crippen molar-refractivity contribution in [3.05, 3.63) is 168 Å². The summed E-state index contributed by atoms with van der Waals surface area (Å²) in [5, 5.41) is 5.26. The van der Waals surface area contributed by atoms with Crippen LogP contribution in [-0.2, 0) is 26.2 Å². The van der Waals surface area contributed by atoms with Crippen LogP contribution >= 0.6 is 0 Å². The minimum atomic E-state index is -0.219. The maximum absolute atomic E-state index is 2.86. The summed E-state index contributed by atoms with van der Waals surface area (Å²) in [6.07, 6.45) is 32.6. The van der Waals surface area contributed by atoms with Gasteiger partial charge in [0.1, 0.15) is 0 Å². The van der Waals surface area contributed by atoms with Gasteiger partial charge in [0.2, 0.25) is 0 Å². The Morgan fingerprint density at radius 2 is 1.28 bits per heavy atom. The molecule has 0 heterocycles. The molecule has 0 nitrogen and oxygen atoms in total. The number of fused-ring (bicyclic) bond motifs is 11. The van der Waals surface area contributed by atoms with Crippen molar-refractivity contribution in [3.63, 3.8) is 0 Å². The largest absolute Gasteiger partial charge is 3.00 e. The molecule has 61 heavy (non-hydrogen) atoms. The third-order valence-corrected chi connectivity index (χ3v) is 18.3. The van der Waals surface area contributed by atoms with Crippen LogP contribution < -0.4 is 24.8 Å². The van der Waals surface area contributed by atoms with Crippen molar-refractivity contribution in [1.82, 2.24) is 0 Å². The van der Waals surface area contributed by atoms with Crippen LogP contribution in [0, 0.1) is 50.2 Å². The number of benzene rings is 4. The van der Waals surface area contributed by atoms with Crippen molar-refractivity contribution in [2.45, 2.75) is 94.2 Å². The van der Waals surface area contributed by atoms with Gasteiger partial charge in [-0.2, -0.15) is 0 Å². The zero-order valence-electron chi connectivity index (χ0n) is 38.2. The molecule has 0 amide bonds. The van der Waals surface area contributed by atoms with Gasteiger partial charge in [0.05, 0.1) is 0 Å². The standard InChI is InChI=1S/C55H57.C2H6Si.2ClH.Zr/c1-10-20-39-34-45-43(27-18-28-44(45)48-41-25-13-11-22-37(41)33-38-23-12-14-26-42(38)48)47(39)46-29-19-32-50(4)49(3)30-15-16-31-51(49,5)55(9)52(6,54(46,50)8)35-40-24-17-21-36(2)53(40,55)7;1-3-2;;;/h11-19,21-35,40,47H,10,20H2,1-9H3;1-2H3;2*1H;/q-1;;;;+3/p-2. The average Bonchev–Trinajstić information content (AvgIpc) is 3.67. The fraction of sp³-hybridized carbons (Fsp3) is 0.386. The van der Waals surface area contributed by atoms with Gasteiger partial charge in [0.25, 0.3) is 0 Å². The van der Waals surface area contributed by atoms with E-state index in [1.165, 1.54) is 49.4 Å². The van der Waals surface area contributed by atoms with E-state index < -0.39 is 0 Å². The normalized spacial score (nSPS) is 35.7. The number of hydrogen-bond donors (Lipinski definition) is 0. The summed E-state index contributed by atoms with van der Waals surface area (Å²) in [6.45, 7) is 27.7. The Balaban J connectivity index is 0.00000101. The molecule has 0 spiro atoms.